The van der Waals surface area contributed by atoms with Crippen molar-refractivity contribution in [3.8, 4) is 17.2 Å². The number of rotatable bonds is 2. The fourth-order valence-electron chi connectivity index (χ4n) is 1.98. The molecule has 0 unspecified atom stereocenters. The van der Waals surface area contributed by atoms with Crippen LogP contribution >= 0.6 is 0 Å². The van der Waals surface area contributed by atoms with Gasteiger partial charge in [0.25, 0.3) is 5.56 Å². The van der Waals surface area contributed by atoms with E-state index in [9.17, 15) is 4.79 Å². The highest BCUT2D eigenvalue weighted by Gasteiger charge is 2.15. The predicted molar refractivity (Wildman–Crippen MR) is 70.5 cm³/mol. The molecule has 0 amide bonds. The van der Waals surface area contributed by atoms with Crippen LogP contribution in [0.15, 0.2) is 45.6 Å². The summed E-state index contributed by atoms with van der Waals surface area (Å²) < 4.78 is 12.1. The zero-order valence-electron chi connectivity index (χ0n) is 10.6. The Bertz CT molecular complexity index is 788. The average molecular weight is 256 g/mol. The Hall–Kier alpha value is -2.56. The molecule has 5 heteroatoms. The number of methoxy groups -OCH3 is 1. The summed E-state index contributed by atoms with van der Waals surface area (Å²) in [5.41, 5.74) is 1.72. The van der Waals surface area contributed by atoms with Crippen LogP contribution in [0.25, 0.3) is 17.0 Å². The predicted octanol–water partition coefficient (Wildman–Crippen LogP) is 2.27. The largest absolute Gasteiger partial charge is 0.480 e. The number of hydrogen-bond donors (Lipinski definition) is 0. The Morgan fingerprint density at radius 2 is 2.00 bits per heavy atom. The van der Waals surface area contributed by atoms with E-state index >= 15 is 0 Å². The van der Waals surface area contributed by atoms with Crippen LogP contribution in [0.1, 0.15) is 5.56 Å². The van der Waals surface area contributed by atoms with Crippen molar-refractivity contribution < 1.29 is 9.15 Å². The van der Waals surface area contributed by atoms with Crippen molar-refractivity contribution in [2.24, 2.45) is 0 Å². The van der Waals surface area contributed by atoms with E-state index in [0.717, 1.165) is 5.56 Å². The minimum absolute atomic E-state index is 0.244. The first-order chi connectivity index (χ1) is 9.20. The van der Waals surface area contributed by atoms with Crippen LogP contribution in [0.2, 0.25) is 0 Å². The molecule has 2 heterocycles. The van der Waals surface area contributed by atoms with E-state index in [1.165, 1.54) is 17.7 Å². The van der Waals surface area contributed by atoms with Gasteiger partial charge in [0.05, 0.1) is 12.7 Å². The highest BCUT2D eigenvalue weighted by Crippen LogP contribution is 2.24. The molecular formula is C14H12N2O3. The molecule has 0 aliphatic heterocycles. The first kappa shape index (κ1) is 11.5. The molecule has 1 aromatic carbocycles. The third kappa shape index (κ3) is 1.79. The number of aromatic nitrogens is 2. The minimum Gasteiger partial charge on any atom is -0.480 e. The van der Waals surface area contributed by atoms with E-state index in [1.54, 1.807) is 6.92 Å². The van der Waals surface area contributed by atoms with Crippen LogP contribution in [-0.4, -0.2) is 16.7 Å². The molecule has 3 aromatic rings. The maximum Gasteiger partial charge on any atom is 0.277 e. The normalized spacial score (nSPS) is 10.8. The Balaban J connectivity index is 2.30. The fourth-order valence-corrected chi connectivity index (χ4v) is 1.98. The molecular weight excluding hydrogens is 244 g/mol. The van der Waals surface area contributed by atoms with Crippen LogP contribution < -0.4 is 10.3 Å². The zero-order valence-corrected chi connectivity index (χ0v) is 10.6. The van der Waals surface area contributed by atoms with Crippen molar-refractivity contribution in [2.45, 2.75) is 6.92 Å². The van der Waals surface area contributed by atoms with Gasteiger partial charge in [0.2, 0.25) is 11.6 Å². The SMILES string of the molecule is COc1nn2c(=O)cc(-c3ccccc3)oc2c1C. The molecule has 0 N–H and O–H groups in total. The summed E-state index contributed by atoms with van der Waals surface area (Å²) in [4.78, 5) is 12.0. The summed E-state index contributed by atoms with van der Waals surface area (Å²) in [6.07, 6.45) is 0. The smallest absolute Gasteiger partial charge is 0.277 e. The second-order valence-electron chi connectivity index (χ2n) is 4.17. The van der Waals surface area contributed by atoms with Crippen LogP contribution in [0.3, 0.4) is 0 Å². The Kier molecular flexibility index (Phi) is 2.59. The molecule has 0 fully saturated rings. The van der Waals surface area contributed by atoms with Gasteiger partial charge >= 0.3 is 0 Å². The first-order valence-electron chi connectivity index (χ1n) is 5.83. The molecule has 19 heavy (non-hydrogen) atoms. The van der Waals surface area contributed by atoms with Crippen molar-refractivity contribution in [1.29, 1.82) is 0 Å². The Morgan fingerprint density at radius 3 is 2.68 bits per heavy atom. The van der Waals surface area contributed by atoms with Gasteiger partial charge < -0.3 is 9.15 Å². The van der Waals surface area contributed by atoms with Gasteiger partial charge in [-0.3, -0.25) is 4.79 Å². The lowest BCUT2D eigenvalue weighted by Gasteiger charge is -2.00. The summed E-state index contributed by atoms with van der Waals surface area (Å²) in [6.45, 7) is 1.80. The van der Waals surface area contributed by atoms with Gasteiger partial charge in [-0.1, -0.05) is 30.3 Å². The highest BCUT2D eigenvalue weighted by molar-refractivity contribution is 5.59. The monoisotopic (exact) mass is 256 g/mol. The lowest BCUT2D eigenvalue weighted by molar-refractivity contribution is 0.392. The standard InChI is InChI=1S/C14H12N2O3/c1-9-13(18-2)15-16-12(17)8-11(19-14(9)16)10-6-4-3-5-7-10/h3-8H,1-2H3. The number of aryl methyl sites for hydroxylation is 1. The third-order valence-electron chi connectivity index (χ3n) is 2.95. The third-order valence-corrected chi connectivity index (χ3v) is 2.95. The van der Waals surface area contributed by atoms with Gasteiger partial charge in [-0.2, -0.15) is 4.52 Å². The van der Waals surface area contributed by atoms with E-state index in [1.807, 2.05) is 30.3 Å². The van der Waals surface area contributed by atoms with Gasteiger partial charge in [0.1, 0.15) is 5.76 Å². The van der Waals surface area contributed by atoms with Crippen LogP contribution in [0, 0.1) is 6.92 Å². The molecule has 0 saturated heterocycles. The molecule has 0 bridgehead atoms. The second kappa shape index (κ2) is 4.28. The summed E-state index contributed by atoms with van der Waals surface area (Å²) in [5, 5.41) is 4.05. The van der Waals surface area contributed by atoms with Crippen molar-refractivity contribution in [2.75, 3.05) is 7.11 Å². The quantitative estimate of drug-likeness (QED) is 0.705. The fraction of sp³-hybridized carbons (Fsp3) is 0.143. The van der Waals surface area contributed by atoms with E-state index in [2.05, 4.69) is 5.10 Å². The molecule has 0 aliphatic rings. The number of nitrogens with zero attached hydrogens (tertiary/aromatic N) is 2. The highest BCUT2D eigenvalue weighted by atomic mass is 16.5. The maximum absolute atomic E-state index is 12.0. The zero-order chi connectivity index (χ0) is 13.4. The van der Waals surface area contributed by atoms with Crippen molar-refractivity contribution in [3.63, 3.8) is 0 Å². The molecule has 0 atom stereocenters. The Morgan fingerprint density at radius 1 is 1.26 bits per heavy atom. The first-order valence-corrected chi connectivity index (χ1v) is 5.83. The van der Waals surface area contributed by atoms with Crippen LogP contribution in [0.4, 0.5) is 0 Å². The van der Waals surface area contributed by atoms with E-state index < -0.39 is 0 Å². The summed E-state index contributed by atoms with van der Waals surface area (Å²) in [7, 11) is 1.51. The van der Waals surface area contributed by atoms with E-state index in [0.29, 0.717) is 22.9 Å². The minimum atomic E-state index is -0.244. The second-order valence-corrected chi connectivity index (χ2v) is 4.17. The van der Waals surface area contributed by atoms with Crippen LogP contribution in [-0.2, 0) is 0 Å². The van der Waals surface area contributed by atoms with Gasteiger partial charge in [0.15, 0.2) is 0 Å². The van der Waals surface area contributed by atoms with E-state index in [-0.39, 0.29) is 5.56 Å². The number of benzene rings is 1. The van der Waals surface area contributed by atoms with Gasteiger partial charge in [-0.15, -0.1) is 5.10 Å². The lowest BCUT2D eigenvalue weighted by atomic mass is 10.2. The number of hydrogen-bond acceptors (Lipinski definition) is 4. The molecule has 0 saturated carbocycles. The average Bonchev–Trinajstić information content (AvgIpc) is 2.77. The van der Waals surface area contributed by atoms with Gasteiger partial charge in [-0.05, 0) is 6.92 Å². The van der Waals surface area contributed by atoms with Crippen LogP contribution in [0.5, 0.6) is 5.88 Å². The lowest BCUT2D eigenvalue weighted by Crippen LogP contribution is -2.12. The Labute approximate surface area is 109 Å². The molecule has 2 aromatic heterocycles. The number of ether oxygens (including phenoxy) is 1. The van der Waals surface area contributed by atoms with E-state index in [4.69, 9.17) is 9.15 Å². The maximum atomic E-state index is 12.0. The van der Waals surface area contributed by atoms with Gasteiger partial charge in [0, 0.05) is 11.6 Å². The summed E-state index contributed by atoms with van der Waals surface area (Å²) >= 11 is 0. The number of fused-ring (bicyclic) bond motifs is 1. The van der Waals surface area contributed by atoms with Gasteiger partial charge in [-0.25, -0.2) is 0 Å². The molecule has 0 spiro atoms. The molecule has 0 radical (unpaired) electrons. The van der Waals surface area contributed by atoms with Crippen molar-refractivity contribution in [1.82, 2.24) is 9.61 Å². The molecule has 0 aliphatic carbocycles. The topological polar surface area (TPSA) is 56.7 Å². The summed E-state index contributed by atoms with van der Waals surface area (Å²) in [5.74, 6) is 0.912. The molecule has 5 nitrogen and oxygen atoms in total. The van der Waals surface area contributed by atoms with Crippen molar-refractivity contribution in [3.05, 3.63) is 52.3 Å². The van der Waals surface area contributed by atoms with Crippen molar-refractivity contribution >= 4 is 5.71 Å². The summed E-state index contributed by atoms with van der Waals surface area (Å²) in [6, 6.07) is 10.9. The molecule has 96 valence electrons. The molecule has 3 rings (SSSR count).